The van der Waals surface area contributed by atoms with Gasteiger partial charge in [0.2, 0.25) is 0 Å². The van der Waals surface area contributed by atoms with Crippen LogP contribution in [0.3, 0.4) is 0 Å². The largest absolute Gasteiger partial charge is 0.303 e. The van der Waals surface area contributed by atoms with Crippen LogP contribution < -0.4 is 0 Å². The predicted molar refractivity (Wildman–Crippen MR) is 82.1 cm³/mol. The zero-order valence-electron chi connectivity index (χ0n) is 11.5. The van der Waals surface area contributed by atoms with E-state index in [2.05, 4.69) is 54.0 Å². The van der Waals surface area contributed by atoms with Crippen LogP contribution in [0.4, 0.5) is 0 Å². The summed E-state index contributed by atoms with van der Waals surface area (Å²) in [5, 5.41) is 0. The zero-order chi connectivity index (χ0) is 12.6. The summed E-state index contributed by atoms with van der Waals surface area (Å²) < 4.78 is 0. The van der Waals surface area contributed by atoms with Gasteiger partial charge in [0.25, 0.3) is 0 Å². The summed E-state index contributed by atoms with van der Waals surface area (Å²) in [6.07, 6.45) is 7.16. The Balaban J connectivity index is 1.60. The van der Waals surface area contributed by atoms with E-state index in [0.717, 1.165) is 11.8 Å². The second kappa shape index (κ2) is 7.85. The molecule has 0 saturated heterocycles. The molecule has 18 heavy (non-hydrogen) atoms. The van der Waals surface area contributed by atoms with E-state index >= 15 is 0 Å². The highest BCUT2D eigenvalue weighted by Crippen LogP contribution is 2.22. The molecule has 1 nitrogen and oxygen atoms in total. The Morgan fingerprint density at radius 3 is 2.56 bits per heavy atom. The monoisotopic (exact) mass is 263 g/mol. The summed E-state index contributed by atoms with van der Waals surface area (Å²) in [4.78, 5) is 2.58. The first-order chi connectivity index (χ1) is 8.86. The highest BCUT2D eigenvalue weighted by molar-refractivity contribution is 7.98. The van der Waals surface area contributed by atoms with E-state index in [9.17, 15) is 0 Å². The van der Waals surface area contributed by atoms with Gasteiger partial charge in [-0.15, -0.1) is 0 Å². The van der Waals surface area contributed by atoms with Gasteiger partial charge < -0.3 is 4.90 Å². The molecule has 0 unspecified atom stereocenters. The highest BCUT2D eigenvalue weighted by Gasteiger charge is 2.17. The van der Waals surface area contributed by atoms with E-state index in [0.29, 0.717) is 0 Å². The number of thioether (sulfide) groups is 1. The predicted octanol–water partition coefficient (Wildman–Crippen LogP) is 4.18. The van der Waals surface area contributed by atoms with Crippen molar-refractivity contribution in [3.8, 4) is 0 Å². The van der Waals surface area contributed by atoms with Crippen LogP contribution in [-0.4, -0.2) is 30.3 Å². The Bertz CT molecular complexity index is 319. The fourth-order valence-electron chi connectivity index (χ4n) is 2.68. The van der Waals surface area contributed by atoms with Gasteiger partial charge in [-0.3, -0.25) is 0 Å². The maximum absolute atomic E-state index is 2.58. The molecule has 1 fully saturated rings. The van der Waals surface area contributed by atoms with Gasteiger partial charge >= 0.3 is 0 Å². The molecule has 0 atom stereocenters. The third-order valence-electron chi connectivity index (χ3n) is 3.90. The molecule has 1 aromatic rings. The van der Waals surface area contributed by atoms with Crippen LogP contribution in [-0.2, 0) is 5.75 Å². The van der Waals surface area contributed by atoms with Gasteiger partial charge in [0, 0.05) is 24.1 Å². The molecule has 1 aliphatic carbocycles. The van der Waals surface area contributed by atoms with Gasteiger partial charge in [0.1, 0.15) is 0 Å². The third-order valence-corrected chi connectivity index (χ3v) is 4.91. The smallest absolute Gasteiger partial charge is 0.0185 e. The molecule has 2 rings (SSSR count). The molecule has 1 aliphatic rings. The summed E-state index contributed by atoms with van der Waals surface area (Å²) in [5.41, 5.74) is 1.45. The van der Waals surface area contributed by atoms with Gasteiger partial charge in [0.15, 0.2) is 0 Å². The summed E-state index contributed by atoms with van der Waals surface area (Å²) in [7, 11) is 2.30. The van der Waals surface area contributed by atoms with E-state index in [4.69, 9.17) is 0 Å². The van der Waals surface area contributed by atoms with Crippen LogP contribution >= 0.6 is 11.8 Å². The van der Waals surface area contributed by atoms with Crippen molar-refractivity contribution >= 4 is 11.8 Å². The van der Waals surface area contributed by atoms with E-state index in [-0.39, 0.29) is 0 Å². The van der Waals surface area contributed by atoms with Crippen LogP contribution in [0.1, 0.15) is 37.7 Å². The minimum absolute atomic E-state index is 0.857. The van der Waals surface area contributed by atoms with Crippen molar-refractivity contribution in [3.63, 3.8) is 0 Å². The highest BCUT2D eigenvalue weighted by atomic mass is 32.2. The molecule has 0 aliphatic heterocycles. The molecule has 1 aromatic carbocycles. The summed E-state index contributed by atoms with van der Waals surface area (Å²) >= 11 is 2.06. The number of hydrogen-bond acceptors (Lipinski definition) is 2. The van der Waals surface area contributed by atoms with Crippen molar-refractivity contribution in [1.82, 2.24) is 4.90 Å². The van der Waals surface area contributed by atoms with Gasteiger partial charge in [0.05, 0.1) is 0 Å². The van der Waals surface area contributed by atoms with Crippen molar-refractivity contribution in [2.24, 2.45) is 0 Å². The van der Waals surface area contributed by atoms with Crippen molar-refractivity contribution in [1.29, 1.82) is 0 Å². The second-order valence-electron chi connectivity index (χ2n) is 5.31. The van der Waals surface area contributed by atoms with Crippen LogP contribution in [0, 0.1) is 0 Å². The van der Waals surface area contributed by atoms with E-state index in [1.807, 2.05) is 0 Å². The molecule has 0 spiro atoms. The maximum Gasteiger partial charge on any atom is 0.0185 e. The van der Waals surface area contributed by atoms with Crippen molar-refractivity contribution in [2.45, 2.75) is 43.9 Å². The Kier molecular flexibility index (Phi) is 6.09. The number of benzene rings is 1. The van der Waals surface area contributed by atoms with E-state index in [1.165, 1.54) is 50.0 Å². The second-order valence-corrected chi connectivity index (χ2v) is 6.42. The van der Waals surface area contributed by atoms with Crippen LogP contribution in [0.15, 0.2) is 30.3 Å². The number of nitrogens with zero attached hydrogens (tertiary/aromatic N) is 1. The van der Waals surface area contributed by atoms with Crippen molar-refractivity contribution in [2.75, 3.05) is 19.3 Å². The Labute approximate surface area is 116 Å². The lowest BCUT2D eigenvalue weighted by Gasteiger charge is -2.31. The van der Waals surface area contributed by atoms with Gasteiger partial charge in [-0.25, -0.2) is 0 Å². The molecule has 0 N–H and O–H groups in total. The Hall–Kier alpha value is -0.470. The molecular weight excluding hydrogens is 238 g/mol. The molecule has 0 bridgehead atoms. The lowest BCUT2D eigenvalue weighted by atomic mass is 9.94. The van der Waals surface area contributed by atoms with Crippen LogP contribution in [0.25, 0.3) is 0 Å². The SMILES string of the molecule is CN(CCSCc1ccccc1)C1CCCCC1. The van der Waals surface area contributed by atoms with Crippen molar-refractivity contribution in [3.05, 3.63) is 35.9 Å². The first-order valence-electron chi connectivity index (χ1n) is 7.18. The van der Waals surface area contributed by atoms with Gasteiger partial charge in [-0.2, -0.15) is 11.8 Å². The lowest BCUT2D eigenvalue weighted by molar-refractivity contribution is 0.202. The van der Waals surface area contributed by atoms with Crippen LogP contribution in [0.2, 0.25) is 0 Å². The summed E-state index contributed by atoms with van der Waals surface area (Å²) in [6, 6.07) is 11.6. The average molecular weight is 263 g/mol. The first-order valence-corrected chi connectivity index (χ1v) is 8.33. The molecule has 0 heterocycles. The molecule has 2 heteroatoms. The first kappa shape index (κ1) is 14.0. The van der Waals surface area contributed by atoms with Gasteiger partial charge in [-0.1, -0.05) is 49.6 Å². The molecule has 100 valence electrons. The van der Waals surface area contributed by atoms with Crippen LogP contribution in [0.5, 0.6) is 0 Å². The maximum atomic E-state index is 2.58. The fraction of sp³-hybridized carbons (Fsp3) is 0.625. The number of rotatable bonds is 6. The number of hydrogen-bond donors (Lipinski definition) is 0. The molecular formula is C16H25NS. The quantitative estimate of drug-likeness (QED) is 0.708. The fourth-order valence-corrected chi connectivity index (χ4v) is 3.67. The zero-order valence-corrected chi connectivity index (χ0v) is 12.3. The Morgan fingerprint density at radius 1 is 1.11 bits per heavy atom. The van der Waals surface area contributed by atoms with Gasteiger partial charge in [-0.05, 0) is 25.5 Å². The summed E-state index contributed by atoms with van der Waals surface area (Å²) in [5.74, 6) is 2.40. The van der Waals surface area contributed by atoms with Crippen molar-refractivity contribution < 1.29 is 0 Å². The molecule has 0 amide bonds. The Morgan fingerprint density at radius 2 is 1.83 bits per heavy atom. The van der Waals surface area contributed by atoms with E-state index in [1.54, 1.807) is 0 Å². The van der Waals surface area contributed by atoms with E-state index < -0.39 is 0 Å². The summed E-state index contributed by atoms with van der Waals surface area (Å²) in [6.45, 7) is 1.24. The standard InChI is InChI=1S/C16H25NS/c1-17(16-10-6-3-7-11-16)12-13-18-14-15-8-4-2-5-9-15/h2,4-5,8-9,16H,3,6-7,10-14H2,1H3. The lowest BCUT2D eigenvalue weighted by Crippen LogP contribution is -2.34. The molecule has 0 radical (unpaired) electrons. The average Bonchev–Trinajstić information content (AvgIpc) is 2.45. The molecule has 1 saturated carbocycles. The normalized spacial score (nSPS) is 17.2. The molecule has 0 aromatic heterocycles. The minimum Gasteiger partial charge on any atom is -0.303 e. The third kappa shape index (κ3) is 4.66. The topological polar surface area (TPSA) is 3.24 Å². The minimum atomic E-state index is 0.857.